The highest BCUT2D eigenvalue weighted by atomic mass is 79.9. The summed E-state index contributed by atoms with van der Waals surface area (Å²) in [6.45, 7) is 3.76. The third-order valence-electron chi connectivity index (χ3n) is 3.73. The first-order valence-electron chi connectivity index (χ1n) is 7.60. The number of amides is 4. The Bertz CT molecular complexity index is 914. The lowest BCUT2D eigenvalue weighted by molar-refractivity contribution is -0.122. The van der Waals surface area contributed by atoms with Gasteiger partial charge in [0.05, 0.1) is 5.69 Å². The predicted octanol–water partition coefficient (Wildman–Crippen LogP) is 3.73. The summed E-state index contributed by atoms with van der Waals surface area (Å²) in [5, 5.41) is 2.23. The molecule has 0 saturated carbocycles. The minimum atomic E-state index is -0.744. The quantitative estimate of drug-likeness (QED) is 0.618. The third kappa shape index (κ3) is 3.53. The van der Waals surface area contributed by atoms with Crippen molar-refractivity contribution < 1.29 is 14.4 Å². The van der Waals surface area contributed by atoms with Gasteiger partial charge in [0, 0.05) is 4.47 Å². The number of nitrogens with zero attached hydrogens (tertiary/aromatic N) is 1. The van der Waals surface area contributed by atoms with Crippen LogP contribution in [0.2, 0.25) is 0 Å². The van der Waals surface area contributed by atoms with Crippen LogP contribution in [0.3, 0.4) is 0 Å². The van der Waals surface area contributed by atoms with Crippen molar-refractivity contribution in [1.82, 2.24) is 5.32 Å². The molecular formula is C19H15BrN2O3. The molecule has 3 rings (SSSR count). The zero-order valence-corrected chi connectivity index (χ0v) is 15.3. The number of hydrogen-bond acceptors (Lipinski definition) is 3. The Kier molecular flexibility index (Phi) is 4.55. The van der Waals surface area contributed by atoms with Crippen LogP contribution in [-0.4, -0.2) is 17.8 Å². The molecule has 5 nitrogen and oxygen atoms in total. The first kappa shape index (κ1) is 17.1. The van der Waals surface area contributed by atoms with Crippen LogP contribution in [0.5, 0.6) is 0 Å². The molecule has 1 heterocycles. The van der Waals surface area contributed by atoms with Crippen molar-refractivity contribution in [2.24, 2.45) is 0 Å². The standard InChI is InChI=1S/C19H15BrN2O3/c1-11-6-12(2)8-15(7-11)22-18(24)16(17(23)21-19(22)25)10-13-4-3-5-14(20)9-13/h3-10H,1-2H3,(H,21,23,25)/b16-10+. The summed E-state index contributed by atoms with van der Waals surface area (Å²) in [4.78, 5) is 38.2. The van der Waals surface area contributed by atoms with Crippen molar-refractivity contribution in [1.29, 1.82) is 0 Å². The van der Waals surface area contributed by atoms with Crippen molar-refractivity contribution in [2.75, 3.05) is 4.90 Å². The van der Waals surface area contributed by atoms with E-state index in [1.165, 1.54) is 6.08 Å². The Morgan fingerprint density at radius 2 is 1.68 bits per heavy atom. The molecule has 4 amide bonds. The van der Waals surface area contributed by atoms with Gasteiger partial charge in [-0.1, -0.05) is 34.1 Å². The molecule has 1 fully saturated rings. The summed E-state index contributed by atoms with van der Waals surface area (Å²) in [6, 6.07) is 11.9. The fraction of sp³-hybridized carbons (Fsp3) is 0.105. The number of urea groups is 1. The van der Waals surface area contributed by atoms with Crippen LogP contribution in [0.4, 0.5) is 10.5 Å². The van der Waals surface area contributed by atoms with Crippen LogP contribution in [0.25, 0.3) is 6.08 Å². The fourth-order valence-electron chi connectivity index (χ4n) is 2.73. The van der Waals surface area contributed by atoms with Crippen molar-refractivity contribution in [3.63, 3.8) is 0 Å². The van der Waals surface area contributed by atoms with Crippen LogP contribution in [0, 0.1) is 13.8 Å². The van der Waals surface area contributed by atoms with E-state index in [0.29, 0.717) is 11.3 Å². The zero-order chi connectivity index (χ0) is 18.1. The summed E-state index contributed by atoms with van der Waals surface area (Å²) < 4.78 is 0.827. The maximum atomic E-state index is 12.8. The topological polar surface area (TPSA) is 66.5 Å². The molecule has 2 aromatic carbocycles. The Labute approximate surface area is 153 Å². The number of nitrogens with one attached hydrogen (secondary N) is 1. The molecule has 0 spiro atoms. The molecule has 0 atom stereocenters. The van der Waals surface area contributed by atoms with Gasteiger partial charge in [0.15, 0.2) is 0 Å². The van der Waals surface area contributed by atoms with Crippen LogP contribution in [0.15, 0.2) is 52.5 Å². The molecule has 0 aliphatic carbocycles. The van der Waals surface area contributed by atoms with E-state index >= 15 is 0 Å². The molecule has 2 aromatic rings. The molecule has 1 N–H and O–H groups in total. The van der Waals surface area contributed by atoms with E-state index in [-0.39, 0.29) is 5.57 Å². The second-order valence-electron chi connectivity index (χ2n) is 5.86. The van der Waals surface area contributed by atoms with Gasteiger partial charge in [-0.3, -0.25) is 14.9 Å². The van der Waals surface area contributed by atoms with Crippen molar-refractivity contribution in [2.45, 2.75) is 13.8 Å². The Morgan fingerprint density at radius 1 is 1.00 bits per heavy atom. The van der Waals surface area contributed by atoms with Gasteiger partial charge in [-0.2, -0.15) is 0 Å². The van der Waals surface area contributed by atoms with Gasteiger partial charge in [0.1, 0.15) is 5.57 Å². The van der Waals surface area contributed by atoms with Gasteiger partial charge < -0.3 is 0 Å². The van der Waals surface area contributed by atoms with Crippen molar-refractivity contribution >= 4 is 45.5 Å². The average molecular weight is 399 g/mol. The highest BCUT2D eigenvalue weighted by molar-refractivity contribution is 9.10. The average Bonchev–Trinajstić information content (AvgIpc) is 2.50. The van der Waals surface area contributed by atoms with Gasteiger partial charge in [-0.05, 0) is 60.9 Å². The minimum absolute atomic E-state index is 0.0862. The molecule has 126 valence electrons. The molecule has 25 heavy (non-hydrogen) atoms. The molecule has 1 aliphatic heterocycles. The number of carbonyl (C=O) groups is 3. The zero-order valence-electron chi connectivity index (χ0n) is 13.7. The second kappa shape index (κ2) is 6.64. The van der Waals surface area contributed by atoms with Gasteiger partial charge >= 0.3 is 6.03 Å². The second-order valence-corrected chi connectivity index (χ2v) is 6.77. The maximum Gasteiger partial charge on any atom is 0.335 e. The Hall–Kier alpha value is -2.73. The van der Waals surface area contributed by atoms with Gasteiger partial charge in [-0.25, -0.2) is 9.69 Å². The van der Waals surface area contributed by atoms with E-state index in [1.54, 1.807) is 30.3 Å². The number of benzene rings is 2. The van der Waals surface area contributed by atoms with E-state index < -0.39 is 17.8 Å². The van der Waals surface area contributed by atoms with E-state index in [2.05, 4.69) is 21.2 Å². The number of halogens is 1. The van der Waals surface area contributed by atoms with Crippen molar-refractivity contribution in [3.8, 4) is 0 Å². The number of aryl methyl sites for hydroxylation is 2. The number of imide groups is 2. The molecular weight excluding hydrogens is 384 g/mol. The molecule has 0 unspecified atom stereocenters. The number of carbonyl (C=O) groups excluding carboxylic acids is 3. The molecule has 1 aliphatic rings. The van der Waals surface area contributed by atoms with Crippen LogP contribution >= 0.6 is 15.9 Å². The summed E-state index contributed by atoms with van der Waals surface area (Å²) in [5.74, 6) is -1.34. The number of anilines is 1. The highest BCUT2D eigenvalue weighted by Gasteiger charge is 2.36. The van der Waals surface area contributed by atoms with Gasteiger partial charge in [-0.15, -0.1) is 0 Å². The van der Waals surface area contributed by atoms with E-state index in [9.17, 15) is 14.4 Å². The molecule has 0 aromatic heterocycles. The number of rotatable bonds is 2. The van der Waals surface area contributed by atoms with E-state index in [1.807, 2.05) is 26.0 Å². The first-order valence-corrected chi connectivity index (χ1v) is 8.40. The lowest BCUT2D eigenvalue weighted by Gasteiger charge is -2.27. The first-order chi connectivity index (χ1) is 11.8. The molecule has 6 heteroatoms. The van der Waals surface area contributed by atoms with E-state index in [4.69, 9.17) is 0 Å². The predicted molar refractivity (Wildman–Crippen MR) is 99.1 cm³/mol. The van der Waals surface area contributed by atoms with Crippen LogP contribution in [0.1, 0.15) is 16.7 Å². The Morgan fingerprint density at radius 3 is 2.32 bits per heavy atom. The summed E-state index contributed by atoms with van der Waals surface area (Å²) in [7, 11) is 0. The van der Waals surface area contributed by atoms with Crippen molar-refractivity contribution in [3.05, 3.63) is 69.2 Å². The highest BCUT2D eigenvalue weighted by Crippen LogP contribution is 2.24. The largest absolute Gasteiger partial charge is 0.335 e. The Balaban J connectivity index is 2.05. The van der Waals surface area contributed by atoms with Crippen LogP contribution in [-0.2, 0) is 9.59 Å². The molecule has 1 saturated heterocycles. The monoisotopic (exact) mass is 398 g/mol. The van der Waals surface area contributed by atoms with Gasteiger partial charge in [0.25, 0.3) is 11.8 Å². The summed E-state index contributed by atoms with van der Waals surface area (Å²) >= 11 is 3.35. The van der Waals surface area contributed by atoms with E-state index in [0.717, 1.165) is 20.5 Å². The SMILES string of the molecule is Cc1cc(C)cc(N2C(=O)NC(=O)/C(=C\c3cccc(Br)c3)C2=O)c1. The normalized spacial score (nSPS) is 16.4. The number of barbiturate groups is 1. The van der Waals surface area contributed by atoms with Gasteiger partial charge in [0.2, 0.25) is 0 Å². The number of hydrogen-bond donors (Lipinski definition) is 1. The molecule has 0 radical (unpaired) electrons. The minimum Gasteiger partial charge on any atom is -0.273 e. The van der Waals surface area contributed by atoms with Crippen LogP contribution < -0.4 is 10.2 Å². The summed E-state index contributed by atoms with van der Waals surface area (Å²) in [5.41, 5.74) is 2.88. The lowest BCUT2D eigenvalue weighted by Crippen LogP contribution is -2.54. The maximum absolute atomic E-state index is 12.8. The lowest BCUT2D eigenvalue weighted by atomic mass is 10.1. The third-order valence-corrected chi connectivity index (χ3v) is 4.22. The fourth-order valence-corrected chi connectivity index (χ4v) is 3.15. The molecule has 0 bridgehead atoms. The summed E-state index contributed by atoms with van der Waals surface area (Å²) in [6.07, 6.45) is 1.48. The smallest absolute Gasteiger partial charge is 0.273 e.